The van der Waals surface area contributed by atoms with Gasteiger partial charge in [-0.05, 0) is 43.8 Å². The maximum atomic E-state index is 5.18. The van der Waals surface area contributed by atoms with E-state index in [0.717, 1.165) is 16.6 Å². The number of thiocarbonyl (C=S) groups is 1. The second-order valence-corrected chi connectivity index (χ2v) is 4.74. The first-order valence-electron chi connectivity index (χ1n) is 4.95. The zero-order chi connectivity index (χ0) is 11.3. The van der Waals surface area contributed by atoms with Gasteiger partial charge in [0.25, 0.3) is 0 Å². The molecule has 0 unspecified atom stereocenters. The highest BCUT2D eigenvalue weighted by atomic mass is 79.9. The smallest absolute Gasteiger partial charge is 0.170 e. The van der Waals surface area contributed by atoms with Crippen molar-refractivity contribution in [3.05, 3.63) is 28.7 Å². The van der Waals surface area contributed by atoms with Gasteiger partial charge in [0.1, 0.15) is 0 Å². The second kappa shape index (κ2) is 6.08. The summed E-state index contributed by atoms with van der Waals surface area (Å²) in [5.74, 6) is 0. The second-order valence-electron chi connectivity index (χ2n) is 3.42. The Bertz CT molecular complexity index is 341. The third-order valence-electron chi connectivity index (χ3n) is 2.07. The van der Waals surface area contributed by atoms with Crippen LogP contribution >= 0.6 is 28.1 Å². The molecule has 0 aliphatic carbocycles. The first-order valence-corrected chi connectivity index (χ1v) is 6.15. The summed E-state index contributed by atoms with van der Waals surface area (Å²) in [5, 5.41) is 7.01. The maximum absolute atomic E-state index is 5.18. The van der Waals surface area contributed by atoms with Crippen molar-refractivity contribution in [1.29, 1.82) is 0 Å². The van der Waals surface area contributed by atoms with Crippen molar-refractivity contribution >= 4 is 38.9 Å². The molecule has 1 rings (SSSR count). The summed E-state index contributed by atoms with van der Waals surface area (Å²) < 4.78 is 1.04. The molecule has 1 atom stereocenters. The van der Waals surface area contributed by atoms with Crippen molar-refractivity contribution < 1.29 is 0 Å². The van der Waals surface area contributed by atoms with Gasteiger partial charge in [-0.15, -0.1) is 0 Å². The third-order valence-corrected chi connectivity index (χ3v) is 2.79. The lowest BCUT2D eigenvalue weighted by Gasteiger charge is -2.15. The number of benzene rings is 1. The Morgan fingerprint density at radius 1 is 1.53 bits per heavy atom. The van der Waals surface area contributed by atoms with Crippen molar-refractivity contribution in [3.8, 4) is 0 Å². The normalized spacial score (nSPS) is 11.9. The molecular formula is C11H15BrN2S. The van der Waals surface area contributed by atoms with Crippen molar-refractivity contribution in [1.82, 2.24) is 5.32 Å². The lowest BCUT2D eigenvalue weighted by Crippen LogP contribution is -2.35. The van der Waals surface area contributed by atoms with E-state index < -0.39 is 0 Å². The molecule has 0 aliphatic rings. The van der Waals surface area contributed by atoms with Crippen LogP contribution in [0.3, 0.4) is 0 Å². The van der Waals surface area contributed by atoms with E-state index in [1.807, 2.05) is 24.3 Å². The van der Waals surface area contributed by atoms with E-state index >= 15 is 0 Å². The number of hydrogen-bond acceptors (Lipinski definition) is 1. The van der Waals surface area contributed by atoms with E-state index in [2.05, 4.69) is 40.4 Å². The van der Waals surface area contributed by atoms with E-state index in [-0.39, 0.29) is 0 Å². The van der Waals surface area contributed by atoms with Crippen LogP contribution in [0, 0.1) is 0 Å². The summed E-state index contributed by atoms with van der Waals surface area (Å²) in [6.45, 7) is 4.23. The molecule has 2 nitrogen and oxygen atoms in total. The summed E-state index contributed by atoms with van der Waals surface area (Å²) in [6, 6.07) is 8.33. The van der Waals surface area contributed by atoms with Crippen LogP contribution in [0.2, 0.25) is 0 Å². The minimum Gasteiger partial charge on any atom is -0.360 e. The lowest BCUT2D eigenvalue weighted by molar-refractivity contribution is 0.646. The van der Waals surface area contributed by atoms with E-state index in [9.17, 15) is 0 Å². The number of anilines is 1. The van der Waals surface area contributed by atoms with Crippen molar-refractivity contribution in [2.24, 2.45) is 0 Å². The first-order chi connectivity index (χ1) is 7.11. The Kier molecular flexibility index (Phi) is 5.05. The Morgan fingerprint density at radius 3 is 2.87 bits per heavy atom. The average Bonchev–Trinajstić information content (AvgIpc) is 2.17. The molecule has 82 valence electrons. The third kappa shape index (κ3) is 4.62. The van der Waals surface area contributed by atoms with Gasteiger partial charge in [0.2, 0.25) is 0 Å². The molecule has 0 saturated heterocycles. The van der Waals surface area contributed by atoms with Gasteiger partial charge < -0.3 is 10.6 Å². The van der Waals surface area contributed by atoms with Crippen molar-refractivity contribution in [3.63, 3.8) is 0 Å². The van der Waals surface area contributed by atoms with Gasteiger partial charge in [-0.2, -0.15) is 0 Å². The topological polar surface area (TPSA) is 24.1 Å². The molecule has 2 N–H and O–H groups in total. The van der Waals surface area contributed by atoms with E-state index in [1.165, 1.54) is 0 Å². The minimum absolute atomic E-state index is 0.400. The van der Waals surface area contributed by atoms with E-state index in [1.54, 1.807) is 0 Å². The SMILES string of the molecule is CC[C@H](C)NC(=S)Nc1cccc(Br)c1. The summed E-state index contributed by atoms with van der Waals surface area (Å²) >= 11 is 8.60. The molecule has 1 aromatic rings. The molecule has 0 radical (unpaired) electrons. The van der Waals surface area contributed by atoms with Crippen LogP contribution in [0.15, 0.2) is 28.7 Å². The molecule has 0 aliphatic heterocycles. The fraction of sp³-hybridized carbons (Fsp3) is 0.364. The van der Waals surface area contributed by atoms with E-state index in [0.29, 0.717) is 11.2 Å². The van der Waals surface area contributed by atoms with Crippen LogP contribution < -0.4 is 10.6 Å². The quantitative estimate of drug-likeness (QED) is 0.832. The lowest BCUT2D eigenvalue weighted by atomic mass is 10.3. The number of hydrogen-bond donors (Lipinski definition) is 2. The maximum Gasteiger partial charge on any atom is 0.170 e. The Hall–Kier alpha value is -0.610. The Morgan fingerprint density at radius 2 is 2.27 bits per heavy atom. The van der Waals surface area contributed by atoms with Gasteiger partial charge >= 0.3 is 0 Å². The fourth-order valence-corrected chi connectivity index (χ4v) is 1.78. The highest BCUT2D eigenvalue weighted by Crippen LogP contribution is 2.15. The minimum atomic E-state index is 0.400. The van der Waals surface area contributed by atoms with Gasteiger partial charge in [-0.1, -0.05) is 28.9 Å². The standard InChI is InChI=1S/C11H15BrN2S/c1-3-8(2)13-11(15)14-10-6-4-5-9(12)7-10/h4-8H,3H2,1-2H3,(H2,13,14,15)/t8-/m0/s1. The summed E-state index contributed by atoms with van der Waals surface area (Å²) in [4.78, 5) is 0. The molecule has 15 heavy (non-hydrogen) atoms. The van der Waals surface area contributed by atoms with Gasteiger partial charge in [0.05, 0.1) is 0 Å². The van der Waals surface area contributed by atoms with Gasteiger partial charge in [0, 0.05) is 16.2 Å². The van der Waals surface area contributed by atoms with Gasteiger partial charge in [-0.3, -0.25) is 0 Å². The molecule has 0 spiro atoms. The van der Waals surface area contributed by atoms with Crippen LogP contribution in [0.5, 0.6) is 0 Å². The number of nitrogens with one attached hydrogen (secondary N) is 2. The first kappa shape index (κ1) is 12.5. The van der Waals surface area contributed by atoms with E-state index in [4.69, 9.17) is 12.2 Å². The highest BCUT2D eigenvalue weighted by Gasteiger charge is 2.01. The summed E-state index contributed by atoms with van der Waals surface area (Å²) in [6.07, 6.45) is 1.06. The van der Waals surface area contributed by atoms with Crippen LogP contribution in [-0.4, -0.2) is 11.2 Å². The van der Waals surface area contributed by atoms with Crippen molar-refractivity contribution in [2.75, 3.05) is 5.32 Å². The zero-order valence-corrected chi connectivity index (χ0v) is 11.3. The highest BCUT2D eigenvalue weighted by molar-refractivity contribution is 9.10. The number of halogens is 1. The molecule has 0 heterocycles. The molecule has 0 saturated carbocycles. The van der Waals surface area contributed by atoms with Crippen LogP contribution in [-0.2, 0) is 0 Å². The van der Waals surface area contributed by atoms with Crippen LogP contribution in [0.1, 0.15) is 20.3 Å². The predicted molar refractivity (Wildman–Crippen MR) is 73.3 cm³/mol. The largest absolute Gasteiger partial charge is 0.360 e. The molecule has 0 aromatic heterocycles. The number of rotatable bonds is 3. The van der Waals surface area contributed by atoms with Crippen LogP contribution in [0.25, 0.3) is 0 Å². The zero-order valence-electron chi connectivity index (χ0n) is 8.88. The molecule has 1 aromatic carbocycles. The Labute approximate surface area is 105 Å². The molecule has 0 amide bonds. The molecule has 0 bridgehead atoms. The average molecular weight is 287 g/mol. The van der Waals surface area contributed by atoms with Crippen LogP contribution in [0.4, 0.5) is 5.69 Å². The Balaban J connectivity index is 2.51. The molecule has 4 heteroatoms. The van der Waals surface area contributed by atoms with Gasteiger partial charge in [0.15, 0.2) is 5.11 Å². The summed E-state index contributed by atoms with van der Waals surface area (Å²) in [7, 11) is 0. The predicted octanol–water partition coefficient (Wildman–Crippen LogP) is 3.53. The van der Waals surface area contributed by atoms with Crippen molar-refractivity contribution in [2.45, 2.75) is 26.3 Å². The summed E-state index contributed by atoms with van der Waals surface area (Å²) in [5.41, 5.74) is 0.991. The van der Waals surface area contributed by atoms with Gasteiger partial charge in [-0.25, -0.2) is 0 Å². The fourth-order valence-electron chi connectivity index (χ4n) is 1.06. The monoisotopic (exact) mass is 286 g/mol. The molecular weight excluding hydrogens is 272 g/mol. The molecule has 0 fully saturated rings.